The van der Waals surface area contributed by atoms with Gasteiger partial charge < -0.3 is 9.84 Å². The lowest BCUT2D eigenvalue weighted by Gasteiger charge is -2.26. The Bertz CT molecular complexity index is 417. The minimum Gasteiger partial charge on any atom is -0.394 e. The van der Waals surface area contributed by atoms with Gasteiger partial charge >= 0.3 is 0 Å². The first kappa shape index (κ1) is 14.5. The molecule has 0 unspecified atom stereocenters. The Kier molecular flexibility index (Phi) is 5.86. The summed E-state index contributed by atoms with van der Waals surface area (Å²) < 4.78 is 5.28. The van der Waals surface area contributed by atoms with Crippen molar-refractivity contribution in [2.45, 2.75) is 6.42 Å². The van der Waals surface area contributed by atoms with E-state index in [1.807, 2.05) is 12.1 Å². The van der Waals surface area contributed by atoms with Gasteiger partial charge in [-0.15, -0.1) is 0 Å². The van der Waals surface area contributed by atoms with Gasteiger partial charge in [0.1, 0.15) is 0 Å². The fourth-order valence-corrected chi connectivity index (χ4v) is 2.33. The van der Waals surface area contributed by atoms with Crippen LogP contribution >= 0.6 is 11.6 Å². The lowest BCUT2D eigenvalue weighted by molar-refractivity contribution is 0.0757. The van der Waals surface area contributed by atoms with Crippen molar-refractivity contribution in [3.05, 3.63) is 40.9 Å². The standard InChI is InChI=1S/C15H20ClNO2/c16-15-3-1-13(2-4-15)14-5-7-17(8-6-14)9-11-19-12-10-18/h1-5,18H,6-12H2. The summed E-state index contributed by atoms with van der Waals surface area (Å²) in [5, 5.41) is 9.41. The van der Waals surface area contributed by atoms with E-state index in [1.54, 1.807) is 0 Å². The van der Waals surface area contributed by atoms with Crippen LogP contribution in [0.3, 0.4) is 0 Å². The molecule has 1 heterocycles. The SMILES string of the molecule is OCCOCCN1CC=C(c2ccc(Cl)cc2)CC1. The van der Waals surface area contributed by atoms with Crippen molar-refractivity contribution in [3.63, 3.8) is 0 Å². The Hall–Kier alpha value is -0.870. The predicted octanol–water partition coefficient (Wildman–Crippen LogP) is 2.44. The second kappa shape index (κ2) is 7.65. The lowest BCUT2D eigenvalue weighted by Crippen LogP contribution is -2.31. The summed E-state index contributed by atoms with van der Waals surface area (Å²) in [7, 11) is 0. The topological polar surface area (TPSA) is 32.7 Å². The van der Waals surface area contributed by atoms with Crippen molar-refractivity contribution in [1.29, 1.82) is 0 Å². The lowest BCUT2D eigenvalue weighted by atomic mass is 10.00. The Morgan fingerprint density at radius 2 is 2.00 bits per heavy atom. The quantitative estimate of drug-likeness (QED) is 0.813. The van der Waals surface area contributed by atoms with Crippen LogP contribution in [0.2, 0.25) is 5.02 Å². The highest BCUT2D eigenvalue weighted by molar-refractivity contribution is 6.30. The summed E-state index contributed by atoms with van der Waals surface area (Å²) in [6, 6.07) is 8.03. The van der Waals surface area contributed by atoms with Gasteiger partial charge in [0.25, 0.3) is 0 Å². The van der Waals surface area contributed by atoms with Crippen LogP contribution in [0.15, 0.2) is 30.3 Å². The molecule has 1 N–H and O–H groups in total. The molecule has 0 aliphatic carbocycles. The Morgan fingerprint density at radius 1 is 1.21 bits per heavy atom. The summed E-state index contributed by atoms with van der Waals surface area (Å²) >= 11 is 5.90. The minimum atomic E-state index is 0.0978. The molecule has 19 heavy (non-hydrogen) atoms. The van der Waals surface area contributed by atoms with Gasteiger partial charge in [-0.05, 0) is 29.7 Å². The zero-order valence-electron chi connectivity index (χ0n) is 11.0. The molecular weight excluding hydrogens is 262 g/mol. The van der Waals surface area contributed by atoms with Crippen LogP contribution < -0.4 is 0 Å². The van der Waals surface area contributed by atoms with E-state index in [9.17, 15) is 0 Å². The van der Waals surface area contributed by atoms with Gasteiger partial charge in [-0.1, -0.05) is 29.8 Å². The first-order chi connectivity index (χ1) is 9.29. The van der Waals surface area contributed by atoms with E-state index in [0.717, 1.165) is 31.1 Å². The molecular formula is C15H20ClNO2. The number of hydrogen-bond donors (Lipinski definition) is 1. The predicted molar refractivity (Wildman–Crippen MR) is 78.4 cm³/mol. The maximum absolute atomic E-state index is 8.63. The van der Waals surface area contributed by atoms with Gasteiger partial charge in [0, 0.05) is 24.7 Å². The van der Waals surface area contributed by atoms with Crippen molar-refractivity contribution in [1.82, 2.24) is 4.90 Å². The molecule has 0 aromatic heterocycles. The van der Waals surface area contributed by atoms with Crippen LogP contribution in [0.1, 0.15) is 12.0 Å². The van der Waals surface area contributed by atoms with Gasteiger partial charge in [0.05, 0.1) is 19.8 Å². The van der Waals surface area contributed by atoms with E-state index < -0.39 is 0 Å². The third-order valence-corrected chi connectivity index (χ3v) is 3.55. The molecule has 0 fully saturated rings. The van der Waals surface area contributed by atoms with Crippen molar-refractivity contribution >= 4 is 17.2 Å². The molecule has 0 spiro atoms. The second-order valence-corrected chi connectivity index (χ2v) is 5.06. The van der Waals surface area contributed by atoms with E-state index in [-0.39, 0.29) is 6.61 Å². The minimum absolute atomic E-state index is 0.0978. The summed E-state index contributed by atoms with van der Waals surface area (Å²) in [5.74, 6) is 0. The number of halogens is 1. The molecule has 3 nitrogen and oxygen atoms in total. The average molecular weight is 282 g/mol. The molecule has 0 radical (unpaired) electrons. The van der Waals surface area contributed by atoms with Crippen LogP contribution in [0.25, 0.3) is 5.57 Å². The summed E-state index contributed by atoms with van der Waals surface area (Å²) in [4.78, 5) is 2.36. The Balaban J connectivity index is 1.81. The summed E-state index contributed by atoms with van der Waals surface area (Å²) in [5.41, 5.74) is 2.66. The molecule has 1 aromatic rings. The molecule has 0 saturated carbocycles. The molecule has 1 aromatic carbocycles. The fourth-order valence-electron chi connectivity index (χ4n) is 2.20. The van der Waals surface area contributed by atoms with Crippen molar-refractivity contribution in [2.24, 2.45) is 0 Å². The molecule has 4 heteroatoms. The summed E-state index contributed by atoms with van der Waals surface area (Å²) in [6.45, 7) is 4.15. The van der Waals surface area contributed by atoms with Crippen LogP contribution in [0.4, 0.5) is 0 Å². The first-order valence-electron chi connectivity index (χ1n) is 6.65. The third-order valence-electron chi connectivity index (χ3n) is 3.30. The van der Waals surface area contributed by atoms with E-state index >= 15 is 0 Å². The molecule has 0 saturated heterocycles. The maximum Gasteiger partial charge on any atom is 0.0698 e. The number of hydrogen-bond acceptors (Lipinski definition) is 3. The van der Waals surface area contributed by atoms with Crippen molar-refractivity contribution in [2.75, 3.05) is 39.5 Å². The molecule has 1 aliphatic heterocycles. The molecule has 1 aliphatic rings. The largest absolute Gasteiger partial charge is 0.394 e. The van der Waals surface area contributed by atoms with Crippen LogP contribution in [0.5, 0.6) is 0 Å². The zero-order chi connectivity index (χ0) is 13.5. The maximum atomic E-state index is 8.63. The Labute approximate surface area is 119 Å². The van der Waals surface area contributed by atoms with Gasteiger partial charge in [-0.2, -0.15) is 0 Å². The van der Waals surface area contributed by atoms with E-state index in [2.05, 4.69) is 23.1 Å². The second-order valence-electron chi connectivity index (χ2n) is 4.62. The van der Waals surface area contributed by atoms with E-state index in [4.69, 9.17) is 21.4 Å². The molecule has 0 atom stereocenters. The van der Waals surface area contributed by atoms with Gasteiger partial charge in [-0.3, -0.25) is 4.90 Å². The molecule has 0 bridgehead atoms. The van der Waals surface area contributed by atoms with Crippen LogP contribution in [-0.2, 0) is 4.74 Å². The van der Waals surface area contributed by atoms with Gasteiger partial charge in [-0.25, -0.2) is 0 Å². The highest BCUT2D eigenvalue weighted by Crippen LogP contribution is 2.23. The number of benzene rings is 1. The highest BCUT2D eigenvalue weighted by Gasteiger charge is 2.12. The molecule has 2 rings (SSSR count). The number of rotatable bonds is 6. The van der Waals surface area contributed by atoms with Crippen molar-refractivity contribution in [3.8, 4) is 0 Å². The summed E-state index contributed by atoms with van der Waals surface area (Å²) in [6.07, 6.45) is 3.33. The zero-order valence-corrected chi connectivity index (χ0v) is 11.8. The van der Waals surface area contributed by atoms with E-state index in [1.165, 1.54) is 11.1 Å². The van der Waals surface area contributed by atoms with Crippen molar-refractivity contribution < 1.29 is 9.84 Å². The van der Waals surface area contributed by atoms with Gasteiger partial charge in [0.2, 0.25) is 0 Å². The first-order valence-corrected chi connectivity index (χ1v) is 7.03. The Morgan fingerprint density at radius 3 is 2.63 bits per heavy atom. The van der Waals surface area contributed by atoms with Crippen LogP contribution in [-0.4, -0.2) is 49.5 Å². The number of aliphatic hydroxyl groups excluding tert-OH is 1. The normalized spacial score (nSPS) is 16.4. The third kappa shape index (κ3) is 4.62. The highest BCUT2D eigenvalue weighted by atomic mass is 35.5. The monoisotopic (exact) mass is 281 g/mol. The van der Waals surface area contributed by atoms with E-state index in [0.29, 0.717) is 13.2 Å². The number of nitrogens with zero attached hydrogens (tertiary/aromatic N) is 1. The number of aliphatic hydroxyl groups is 1. The molecule has 0 amide bonds. The average Bonchev–Trinajstić information content (AvgIpc) is 2.45. The molecule has 104 valence electrons. The van der Waals surface area contributed by atoms with Gasteiger partial charge in [0.15, 0.2) is 0 Å². The number of ether oxygens (including phenoxy) is 1. The fraction of sp³-hybridized carbons (Fsp3) is 0.467. The van der Waals surface area contributed by atoms with Crippen LogP contribution in [0, 0.1) is 0 Å². The smallest absolute Gasteiger partial charge is 0.0698 e.